The van der Waals surface area contributed by atoms with E-state index in [1.165, 1.54) is 29.4 Å². The molecule has 5 heteroatoms. The zero-order valence-electron chi connectivity index (χ0n) is 15.2. The highest BCUT2D eigenvalue weighted by molar-refractivity contribution is 5.93. The lowest BCUT2D eigenvalue weighted by Gasteiger charge is -2.19. The Hall–Kier alpha value is -2.82. The third-order valence-electron chi connectivity index (χ3n) is 5.12. The first-order valence-corrected chi connectivity index (χ1v) is 9.30. The number of hydrogen-bond donors (Lipinski definition) is 2. The Morgan fingerprint density at radius 2 is 2.00 bits per heavy atom. The number of guanidine groups is 1. The Kier molecular flexibility index (Phi) is 4.61. The maximum Gasteiger partial charge on any atom is 0.193 e. The molecule has 0 fully saturated rings. The van der Waals surface area contributed by atoms with Crippen LogP contribution in [0.25, 0.3) is 10.9 Å². The maximum atomic E-state index is 6.13. The van der Waals surface area contributed by atoms with Gasteiger partial charge in [-0.1, -0.05) is 30.3 Å². The molecule has 0 saturated carbocycles. The zero-order chi connectivity index (χ0) is 17.9. The first-order chi connectivity index (χ1) is 12.7. The van der Waals surface area contributed by atoms with Gasteiger partial charge in [-0.25, -0.2) is 0 Å². The average Bonchev–Trinajstić information content (AvgIpc) is 2.98. The van der Waals surface area contributed by atoms with Crippen molar-refractivity contribution in [3.63, 3.8) is 0 Å². The third kappa shape index (κ3) is 3.29. The molecule has 0 bridgehead atoms. The van der Waals surface area contributed by atoms with Crippen LogP contribution in [0, 0.1) is 0 Å². The number of hydrogen-bond acceptors (Lipinski definition) is 2. The summed E-state index contributed by atoms with van der Waals surface area (Å²) in [5, 5.41) is 9.10. The van der Waals surface area contributed by atoms with Crippen LogP contribution >= 0.6 is 0 Å². The number of anilines is 1. The van der Waals surface area contributed by atoms with Crippen LogP contribution in [0.15, 0.2) is 47.5 Å². The van der Waals surface area contributed by atoms with E-state index in [9.17, 15) is 0 Å². The van der Waals surface area contributed by atoms with Gasteiger partial charge < -0.3 is 11.1 Å². The number of para-hydroxylation sites is 1. The van der Waals surface area contributed by atoms with Crippen LogP contribution in [-0.4, -0.2) is 22.3 Å². The summed E-state index contributed by atoms with van der Waals surface area (Å²) in [6.07, 6.45) is 5.57. The van der Waals surface area contributed by atoms with Crippen LogP contribution in [0.1, 0.15) is 29.7 Å². The number of nitrogens with one attached hydrogen (secondary N) is 1. The van der Waals surface area contributed by atoms with E-state index >= 15 is 0 Å². The largest absolute Gasteiger partial charge is 0.370 e. The van der Waals surface area contributed by atoms with Gasteiger partial charge in [0.05, 0.1) is 11.2 Å². The molecule has 134 valence electrons. The van der Waals surface area contributed by atoms with E-state index in [2.05, 4.69) is 45.7 Å². The first-order valence-electron chi connectivity index (χ1n) is 9.30. The van der Waals surface area contributed by atoms with Crippen LogP contribution in [0.3, 0.4) is 0 Å². The Labute approximate surface area is 153 Å². The lowest BCUT2D eigenvalue weighted by molar-refractivity contribution is 0.687. The van der Waals surface area contributed by atoms with Gasteiger partial charge in [0.1, 0.15) is 0 Å². The van der Waals surface area contributed by atoms with Gasteiger partial charge in [0.15, 0.2) is 5.96 Å². The molecule has 0 aliphatic heterocycles. The summed E-state index contributed by atoms with van der Waals surface area (Å²) in [5.41, 5.74) is 12.3. The Balaban J connectivity index is 1.44. The van der Waals surface area contributed by atoms with Crippen molar-refractivity contribution >= 4 is 22.5 Å². The molecule has 2 aromatic carbocycles. The van der Waals surface area contributed by atoms with Crippen molar-refractivity contribution in [2.24, 2.45) is 17.8 Å². The van der Waals surface area contributed by atoms with E-state index in [0.29, 0.717) is 12.5 Å². The van der Waals surface area contributed by atoms with Gasteiger partial charge >= 0.3 is 0 Å². The van der Waals surface area contributed by atoms with Crippen LogP contribution in [0.2, 0.25) is 0 Å². The second kappa shape index (κ2) is 7.20. The molecule has 3 N–H and O–H groups in total. The van der Waals surface area contributed by atoms with Gasteiger partial charge in [-0.3, -0.25) is 9.67 Å². The summed E-state index contributed by atoms with van der Waals surface area (Å²) in [5.74, 6) is 0.476. The lowest BCUT2D eigenvalue weighted by Crippen LogP contribution is -2.24. The number of benzene rings is 2. The van der Waals surface area contributed by atoms with Crippen LogP contribution in [0.5, 0.6) is 0 Å². The van der Waals surface area contributed by atoms with Gasteiger partial charge in [-0.05, 0) is 48.9 Å². The van der Waals surface area contributed by atoms with Gasteiger partial charge in [0, 0.05) is 31.1 Å². The molecule has 0 saturated heterocycles. The summed E-state index contributed by atoms with van der Waals surface area (Å²) in [6, 6.07) is 14.7. The highest BCUT2D eigenvalue weighted by Crippen LogP contribution is 2.27. The molecule has 0 radical (unpaired) electrons. The van der Waals surface area contributed by atoms with Crippen molar-refractivity contribution in [2.75, 3.05) is 11.9 Å². The van der Waals surface area contributed by atoms with Crippen molar-refractivity contribution < 1.29 is 0 Å². The number of nitrogens with zero attached hydrogens (tertiary/aromatic N) is 3. The molecule has 0 amide bonds. The van der Waals surface area contributed by atoms with Crippen molar-refractivity contribution in [1.82, 2.24) is 9.78 Å². The van der Waals surface area contributed by atoms with Crippen molar-refractivity contribution in [3.8, 4) is 0 Å². The molecule has 3 aromatic rings. The van der Waals surface area contributed by atoms with Gasteiger partial charge in [0.25, 0.3) is 0 Å². The average molecular weight is 347 g/mol. The summed E-state index contributed by atoms with van der Waals surface area (Å²) < 4.78 is 1.92. The van der Waals surface area contributed by atoms with Crippen molar-refractivity contribution in [2.45, 2.75) is 32.1 Å². The molecule has 0 unspecified atom stereocenters. The number of aliphatic imine (C=N–C) groups is 1. The minimum Gasteiger partial charge on any atom is -0.370 e. The molecule has 0 spiro atoms. The van der Waals surface area contributed by atoms with Crippen LogP contribution in [0.4, 0.5) is 5.69 Å². The lowest BCUT2D eigenvalue weighted by atomic mass is 9.90. The molecule has 4 rings (SSSR count). The number of nitrogens with two attached hydrogens (primary N) is 1. The minimum atomic E-state index is 0.476. The van der Waals surface area contributed by atoms with Crippen LogP contribution in [-0.2, 0) is 26.3 Å². The number of fused-ring (bicyclic) bond motifs is 2. The van der Waals surface area contributed by atoms with Gasteiger partial charge in [-0.15, -0.1) is 0 Å². The standard InChI is InChI=1S/C21H25N5/c1-26-20-12-5-4-10-17(20)19(25-26)13-14-23-21(22)24-18-11-6-8-15-7-2-3-9-16(15)18/h4-6,8,10-12H,2-3,7,9,13-14H2,1H3,(H3,22,23,24). The predicted octanol–water partition coefficient (Wildman–Crippen LogP) is 3.42. The van der Waals surface area contributed by atoms with Gasteiger partial charge in [0.2, 0.25) is 0 Å². The molecule has 1 aliphatic rings. The smallest absolute Gasteiger partial charge is 0.193 e. The summed E-state index contributed by atoms with van der Waals surface area (Å²) >= 11 is 0. The predicted molar refractivity (Wildman–Crippen MR) is 108 cm³/mol. The summed E-state index contributed by atoms with van der Waals surface area (Å²) in [7, 11) is 1.98. The fourth-order valence-corrected chi connectivity index (χ4v) is 3.83. The second-order valence-corrected chi connectivity index (χ2v) is 6.88. The molecule has 26 heavy (non-hydrogen) atoms. The molecule has 1 heterocycles. The maximum absolute atomic E-state index is 6.13. The molecule has 5 nitrogen and oxygen atoms in total. The molecular weight excluding hydrogens is 322 g/mol. The van der Waals surface area contributed by atoms with E-state index in [4.69, 9.17) is 5.73 Å². The number of rotatable bonds is 4. The van der Waals surface area contributed by atoms with Crippen molar-refractivity contribution in [1.29, 1.82) is 0 Å². The Bertz CT molecular complexity index is 954. The van der Waals surface area contributed by atoms with Crippen LogP contribution < -0.4 is 11.1 Å². The SMILES string of the molecule is Cn1nc(CCN=C(N)Nc2cccc3c2CCCC3)c2ccccc21. The monoisotopic (exact) mass is 347 g/mol. The highest BCUT2D eigenvalue weighted by Gasteiger charge is 2.13. The van der Waals surface area contributed by atoms with E-state index in [-0.39, 0.29) is 0 Å². The highest BCUT2D eigenvalue weighted by atomic mass is 15.3. The zero-order valence-corrected chi connectivity index (χ0v) is 15.2. The minimum absolute atomic E-state index is 0.476. The summed E-state index contributed by atoms with van der Waals surface area (Å²) in [6.45, 7) is 0.620. The molecule has 1 aromatic heterocycles. The van der Waals surface area contributed by atoms with Gasteiger partial charge in [-0.2, -0.15) is 5.10 Å². The number of aromatic nitrogens is 2. The molecule has 0 atom stereocenters. The Morgan fingerprint density at radius 1 is 1.15 bits per heavy atom. The van der Waals surface area contributed by atoms with Crippen molar-refractivity contribution in [3.05, 3.63) is 59.3 Å². The fourth-order valence-electron chi connectivity index (χ4n) is 3.83. The Morgan fingerprint density at radius 3 is 2.92 bits per heavy atom. The third-order valence-corrected chi connectivity index (χ3v) is 5.12. The number of aryl methyl sites for hydroxylation is 2. The molecule has 1 aliphatic carbocycles. The van der Waals surface area contributed by atoms with E-state index in [0.717, 1.165) is 36.2 Å². The van der Waals surface area contributed by atoms with E-state index in [1.54, 1.807) is 0 Å². The fraction of sp³-hybridized carbons (Fsp3) is 0.333. The normalized spacial score (nSPS) is 14.4. The first kappa shape index (κ1) is 16.6. The summed E-state index contributed by atoms with van der Waals surface area (Å²) in [4.78, 5) is 4.51. The van der Waals surface area contributed by atoms with E-state index in [1.807, 2.05) is 23.9 Å². The second-order valence-electron chi connectivity index (χ2n) is 6.88. The topological polar surface area (TPSA) is 68.2 Å². The molecular formula is C21H25N5. The van der Waals surface area contributed by atoms with E-state index < -0.39 is 0 Å². The quantitative estimate of drug-likeness (QED) is 0.561.